The third-order valence-corrected chi connectivity index (χ3v) is 2.88. The van der Waals surface area contributed by atoms with Gasteiger partial charge < -0.3 is 14.2 Å². The van der Waals surface area contributed by atoms with Gasteiger partial charge in [0, 0.05) is 41.2 Å². The number of hydrogen-bond acceptors (Lipinski definition) is 3. The lowest BCUT2D eigenvalue weighted by molar-refractivity contribution is 0.155. The van der Waals surface area contributed by atoms with Gasteiger partial charge in [-0.25, -0.2) is 0 Å². The molecule has 0 saturated carbocycles. The Morgan fingerprint density at radius 2 is 0.727 bits per heavy atom. The van der Waals surface area contributed by atoms with E-state index in [-0.39, 0.29) is 89.1 Å². The highest BCUT2D eigenvalue weighted by atomic mass is 16.5. The first-order valence-corrected chi connectivity index (χ1v) is 8.36. The lowest BCUT2D eigenvalue weighted by Crippen LogP contribution is -2.01. The molecule has 0 aliphatic rings. The van der Waals surface area contributed by atoms with E-state index in [4.69, 9.17) is 14.2 Å². The van der Waals surface area contributed by atoms with Gasteiger partial charge in [-0.1, -0.05) is 144 Å². The fourth-order valence-corrected chi connectivity index (χ4v) is 1.60. The largest absolute Gasteiger partial charge is 0.384 e. The van der Waals surface area contributed by atoms with E-state index in [2.05, 4.69) is 41.5 Å². The lowest BCUT2D eigenvalue weighted by atomic mass is 10.1. The van der Waals surface area contributed by atoms with Crippen LogP contribution in [0.15, 0.2) is 0 Å². The first-order chi connectivity index (χ1) is 9.89. The summed E-state index contributed by atoms with van der Waals surface area (Å²) >= 11 is 0. The van der Waals surface area contributed by atoms with E-state index in [1.807, 2.05) is 0 Å². The molecule has 3 heteroatoms. The minimum absolute atomic E-state index is 0. The van der Waals surface area contributed by atoms with E-state index < -0.39 is 0 Å². The third kappa shape index (κ3) is 148. The molecular formula is C30H90O3. The van der Waals surface area contributed by atoms with Crippen molar-refractivity contribution in [3.05, 3.63) is 0 Å². The SMILES string of the molecule is C.C.C.C.C.C.C.C.C.C.C.C.CCC(C)COC.CCCC(C)COC.COCC(C)C. The molecule has 228 valence electrons. The Labute approximate surface area is 223 Å². The Bertz CT molecular complexity index is 157. The van der Waals surface area contributed by atoms with E-state index in [1.54, 1.807) is 21.3 Å². The zero-order valence-electron chi connectivity index (χ0n) is 16.2. The summed E-state index contributed by atoms with van der Waals surface area (Å²) in [4.78, 5) is 0. The van der Waals surface area contributed by atoms with Gasteiger partial charge in [0.1, 0.15) is 0 Å². The van der Waals surface area contributed by atoms with Crippen LogP contribution in [0, 0.1) is 17.8 Å². The van der Waals surface area contributed by atoms with Gasteiger partial charge in [0.2, 0.25) is 0 Å². The Morgan fingerprint density at radius 1 is 0.455 bits per heavy atom. The Kier molecular flexibility index (Phi) is 301. The molecule has 0 rings (SSSR count). The fraction of sp³-hybridized carbons (Fsp3) is 1.00. The quantitative estimate of drug-likeness (QED) is 0.316. The van der Waals surface area contributed by atoms with Crippen molar-refractivity contribution in [2.24, 2.45) is 17.8 Å². The minimum Gasteiger partial charge on any atom is -0.384 e. The van der Waals surface area contributed by atoms with Crippen LogP contribution in [0.2, 0.25) is 0 Å². The molecule has 0 saturated heterocycles. The first kappa shape index (κ1) is 105. The second kappa shape index (κ2) is 95.1. The summed E-state index contributed by atoms with van der Waals surface area (Å²) in [5, 5.41) is 0. The van der Waals surface area contributed by atoms with Crippen LogP contribution < -0.4 is 0 Å². The van der Waals surface area contributed by atoms with E-state index in [0.29, 0.717) is 5.92 Å². The van der Waals surface area contributed by atoms with Crippen LogP contribution >= 0.6 is 0 Å². The summed E-state index contributed by atoms with van der Waals surface area (Å²) in [6, 6.07) is 0. The molecule has 0 aromatic heterocycles. The molecule has 2 atom stereocenters. The van der Waals surface area contributed by atoms with Crippen LogP contribution in [0.5, 0.6) is 0 Å². The van der Waals surface area contributed by atoms with Gasteiger partial charge in [0.15, 0.2) is 0 Å². The van der Waals surface area contributed by atoms with Crippen LogP contribution in [0.3, 0.4) is 0 Å². The van der Waals surface area contributed by atoms with Crippen molar-refractivity contribution in [1.82, 2.24) is 0 Å². The van der Waals surface area contributed by atoms with Crippen molar-refractivity contribution >= 4 is 0 Å². The average Bonchev–Trinajstić information content (AvgIpc) is 2.41. The standard InChI is InChI=1S/C7H16O.C6H14O.C5H12O.12CH4/c1-4-5-7(2)6-8-3;1-4-6(2)5-7-3;1-5(2)4-6-3;;;;;;;;;;;;/h7H,4-6H2,1-3H3;6H,4-5H2,1-3H3;5H,4H2,1-3H3;12*1H4. The Hall–Kier alpha value is -0.120. The molecule has 0 N–H and O–H groups in total. The zero-order chi connectivity index (χ0) is 17.1. The minimum atomic E-state index is 0. The normalized spacial score (nSPS) is 8.18. The first-order valence-electron chi connectivity index (χ1n) is 8.36. The summed E-state index contributed by atoms with van der Waals surface area (Å²) in [6.45, 7) is 15.7. The molecule has 33 heavy (non-hydrogen) atoms. The van der Waals surface area contributed by atoms with Gasteiger partial charge in [-0.3, -0.25) is 0 Å². The van der Waals surface area contributed by atoms with Crippen molar-refractivity contribution in [3.63, 3.8) is 0 Å². The van der Waals surface area contributed by atoms with E-state index in [9.17, 15) is 0 Å². The number of rotatable bonds is 9. The molecule has 0 aliphatic carbocycles. The Morgan fingerprint density at radius 3 is 0.848 bits per heavy atom. The maximum absolute atomic E-state index is 4.96. The maximum Gasteiger partial charge on any atom is 0.0487 e. The summed E-state index contributed by atoms with van der Waals surface area (Å²) < 4.78 is 14.7. The third-order valence-electron chi connectivity index (χ3n) is 2.88. The smallest absolute Gasteiger partial charge is 0.0487 e. The topological polar surface area (TPSA) is 27.7 Å². The predicted molar refractivity (Wildman–Crippen MR) is 175 cm³/mol. The summed E-state index contributed by atoms with van der Waals surface area (Å²) in [6.07, 6.45) is 3.77. The second-order valence-electron chi connectivity index (χ2n) is 6.17. The highest BCUT2D eigenvalue weighted by molar-refractivity contribution is 4.47. The molecular weight excluding hydrogens is 408 g/mol. The highest BCUT2D eigenvalue weighted by Crippen LogP contribution is 2.03. The van der Waals surface area contributed by atoms with Crippen molar-refractivity contribution in [1.29, 1.82) is 0 Å². The van der Waals surface area contributed by atoms with Gasteiger partial charge in [-0.15, -0.1) is 0 Å². The van der Waals surface area contributed by atoms with E-state index >= 15 is 0 Å². The predicted octanol–water partition coefficient (Wildman–Crippen LogP) is 12.7. The van der Waals surface area contributed by atoms with Crippen molar-refractivity contribution in [3.8, 4) is 0 Å². The molecule has 0 aliphatic heterocycles. The van der Waals surface area contributed by atoms with Crippen LogP contribution in [0.25, 0.3) is 0 Å². The highest BCUT2D eigenvalue weighted by Gasteiger charge is 1.96. The van der Waals surface area contributed by atoms with Gasteiger partial charge in [-0.05, 0) is 24.2 Å². The van der Waals surface area contributed by atoms with Crippen LogP contribution in [0.4, 0.5) is 0 Å². The van der Waals surface area contributed by atoms with Crippen LogP contribution in [-0.4, -0.2) is 41.2 Å². The molecule has 0 spiro atoms. The van der Waals surface area contributed by atoms with Crippen LogP contribution in [0.1, 0.15) is 150 Å². The number of methoxy groups -OCH3 is 3. The number of ether oxygens (including phenoxy) is 3. The summed E-state index contributed by atoms with van der Waals surface area (Å²) in [7, 11) is 5.22. The van der Waals surface area contributed by atoms with Gasteiger partial charge >= 0.3 is 0 Å². The Balaban J connectivity index is -0.00000000964. The van der Waals surface area contributed by atoms with Crippen molar-refractivity contribution in [2.75, 3.05) is 41.2 Å². The molecule has 2 unspecified atom stereocenters. The van der Waals surface area contributed by atoms with Crippen molar-refractivity contribution < 1.29 is 14.2 Å². The molecule has 0 aromatic carbocycles. The van der Waals surface area contributed by atoms with Gasteiger partial charge in [-0.2, -0.15) is 0 Å². The fourth-order valence-electron chi connectivity index (χ4n) is 1.60. The summed E-state index contributed by atoms with van der Waals surface area (Å²) in [5.41, 5.74) is 0. The molecule has 0 aromatic rings. The summed E-state index contributed by atoms with van der Waals surface area (Å²) in [5.74, 6) is 2.14. The zero-order valence-corrected chi connectivity index (χ0v) is 16.2. The second-order valence-corrected chi connectivity index (χ2v) is 6.17. The lowest BCUT2D eigenvalue weighted by Gasteiger charge is -2.06. The van der Waals surface area contributed by atoms with E-state index in [1.165, 1.54) is 19.3 Å². The number of hydrogen-bond donors (Lipinski definition) is 0. The maximum atomic E-state index is 4.96. The monoisotopic (exact) mass is 499 g/mol. The average molecular weight is 499 g/mol. The van der Waals surface area contributed by atoms with Crippen LogP contribution in [-0.2, 0) is 14.2 Å². The molecule has 0 radical (unpaired) electrons. The molecule has 0 fully saturated rings. The van der Waals surface area contributed by atoms with Gasteiger partial charge in [0.05, 0.1) is 0 Å². The van der Waals surface area contributed by atoms with Crippen molar-refractivity contribution in [2.45, 2.75) is 150 Å². The molecule has 3 nitrogen and oxygen atoms in total. The molecule has 0 amide bonds. The van der Waals surface area contributed by atoms with Gasteiger partial charge in [0.25, 0.3) is 0 Å². The molecule has 0 bridgehead atoms. The van der Waals surface area contributed by atoms with E-state index in [0.717, 1.165) is 31.7 Å². The molecule has 0 heterocycles.